The Balaban J connectivity index is 1.82. The molecule has 4 aromatic rings. The quantitative estimate of drug-likeness (QED) is 0.505. The van der Waals surface area contributed by atoms with Crippen molar-refractivity contribution in [2.24, 2.45) is 0 Å². The number of anilines is 2. The van der Waals surface area contributed by atoms with E-state index in [0.717, 1.165) is 22.2 Å². The van der Waals surface area contributed by atoms with E-state index in [1.165, 1.54) is 12.4 Å². The third-order valence-electron chi connectivity index (χ3n) is 3.91. The Morgan fingerprint density at radius 1 is 0.880 bits per heavy atom. The molecule has 0 saturated heterocycles. The lowest BCUT2D eigenvalue weighted by Crippen LogP contribution is -1.96. The fraction of sp³-hybridized carbons (Fsp3) is 0. The smallest absolute Gasteiger partial charge is 0.141 e. The Bertz CT molecular complexity index is 1070. The number of benzene rings is 3. The summed E-state index contributed by atoms with van der Waals surface area (Å²) in [6, 6.07) is 19.7. The van der Waals surface area contributed by atoms with Crippen LogP contribution in [-0.4, -0.2) is 9.97 Å². The molecule has 0 unspecified atom stereocenters. The predicted molar refractivity (Wildman–Crippen MR) is 99.7 cm³/mol. The maximum Gasteiger partial charge on any atom is 0.141 e. The summed E-state index contributed by atoms with van der Waals surface area (Å²) in [5.74, 6) is 0.383. The summed E-state index contributed by atoms with van der Waals surface area (Å²) in [4.78, 5) is 8.62. The second-order valence-corrected chi connectivity index (χ2v) is 6.01. The molecule has 0 fully saturated rings. The molecule has 1 heterocycles. The predicted octanol–water partition coefficient (Wildman–Crippen LogP) is 5.83. The molecule has 0 atom stereocenters. The van der Waals surface area contributed by atoms with Gasteiger partial charge in [-0.1, -0.05) is 41.9 Å². The Kier molecular flexibility index (Phi) is 4.04. The van der Waals surface area contributed by atoms with Crippen LogP contribution in [0.5, 0.6) is 0 Å². The van der Waals surface area contributed by atoms with E-state index < -0.39 is 0 Å². The first-order valence-electron chi connectivity index (χ1n) is 7.73. The first-order chi connectivity index (χ1) is 12.2. The van der Waals surface area contributed by atoms with E-state index in [9.17, 15) is 4.39 Å². The van der Waals surface area contributed by atoms with Crippen LogP contribution in [0, 0.1) is 5.82 Å². The molecule has 0 aliphatic heterocycles. The second-order valence-electron chi connectivity index (χ2n) is 5.57. The molecule has 0 saturated carbocycles. The molecule has 5 heteroatoms. The monoisotopic (exact) mass is 349 g/mol. The lowest BCUT2D eigenvalue weighted by Gasteiger charge is -2.10. The molecule has 0 spiro atoms. The molecule has 0 aliphatic rings. The van der Waals surface area contributed by atoms with Gasteiger partial charge < -0.3 is 5.32 Å². The first-order valence-corrected chi connectivity index (χ1v) is 8.11. The highest BCUT2D eigenvalue weighted by atomic mass is 35.5. The fourth-order valence-electron chi connectivity index (χ4n) is 2.72. The maximum absolute atomic E-state index is 14.1. The number of hydrogen-bond acceptors (Lipinski definition) is 3. The summed E-state index contributed by atoms with van der Waals surface area (Å²) in [7, 11) is 0. The normalized spacial score (nSPS) is 10.8. The van der Waals surface area contributed by atoms with Crippen molar-refractivity contribution < 1.29 is 4.39 Å². The molecule has 3 nitrogen and oxygen atoms in total. The van der Waals surface area contributed by atoms with Crippen molar-refractivity contribution in [3.8, 4) is 11.1 Å². The van der Waals surface area contributed by atoms with Crippen LogP contribution in [0.2, 0.25) is 5.02 Å². The summed E-state index contributed by atoms with van der Waals surface area (Å²) in [6.07, 6.45) is 1.50. The highest BCUT2D eigenvalue weighted by Crippen LogP contribution is 2.30. The zero-order valence-electron chi connectivity index (χ0n) is 13.1. The molecule has 0 radical (unpaired) electrons. The van der Waals surface area contributed by atoms with Gasteiger partial charge in [-0.25, -0.2) is 14.4 Å². The van der Waals surface area contributed by atoms with Crippen LogP contribution in [-0.2, 0) is 0 Å². The zero-order valence-corrected chi connectivity index (χ0v) is 13.8. The maximum atomic E-state index is 14.1. The number of halogens is 2. The molecule has 25 heavy (non-hydrogen) atoms. The Morgan fingerprint density at radius 3 is 2.60 bits per heavy atom. The second kappa shape index (κ2) is 6.49. The summed E-state index contributed by atoms with van der Waals surface area (Å²) in [6.45, 7) is 0. The molecular formula is C20H13ClFN3. The van der Waals surface area contributed by atoms with Crippen molar-refractivity contribution in [1.82, 2.24) is 9.97 Å². The summed E-state index contributed by atoms with van der Waals surface area (Å²) in [5, 5.41) is 4.69. The number of nitrogens with one attached hydrogen (secondary N) is 1. The van der Waals surface area contributed by atoms with E-state index in [2.05, 4.69) is 15.3 Å². The molecule has 122 valence electrons. The number of fused-ring (bicyclic) bond motifs is 1. The van der Waals surface area contributed by atoms with E-state index in [1.807, 2.05) is 42.5 Å². The third-order valence-corrected chi connectivity index (χ3v) is 4.14. The average molecular weight is 350 g/mol. The lowest BCUT2D eigenvalue weighted by molar-refractivity contribution is 0.631. The van der Waals surface area contributed by atoms with Gasteiger partial charge in [0.05, 0.1) is 5.52 Å². The van der Waals surface area contributed by atoms with Crippen LogP contribution in [0.25, 0.3) is 22.0 Å². The molecule has 1 aromatic heterocycles. The molecule has 1 N–H and O–H groups in total. The van der Waals surface area contributed by atoms with Crippen LogP contribution >= 0.6 is 11.6 Å². The third kappa shape index (κ3) is 3.16. The number of hydrogen-bond donors (Lipinski definition) is 1. The van der Waals surface area contributed by atoms with Crippen LogP contribution < -0.4 is 5.32 Å². The molecule has 3 aromatic carbocycles. The molecule has 0 bridgehead atoms. The van der Waals surface area contributed by atoms with E-state index in [1.54, 1.807) is 18.2 Å². The average Bonchev–Trinajstić information content (AvgIpc) is 2.62. The van der Waals surface area contributed by atoms with E-state index in [0.29, 0.717) is 16.4 Å². The van der Waals surface area contributed by atoms with E-state index in [4.69, 9.17) is 11.6 Å². The van der Waals surface area contributed by atoms with Crippen LogP contribution in [0.3, 0.4) is 0 Å². The molecule has 4 rings (SSSR count). The minimum Gasteiger partial charge on any atom is -0.340 e. The zero-order chi connectivity index (χ0) is 17.2. The van der Waals surface area contributed by atoms with Gasteiger partial charge in [0.15, 0.2) is 0 Å². The SMILES string of the molecule is Fc1ccccc1-c1ccc2ncnc(Nc3cccc(Cl)c3)c2c1. The van der Waals surface area contributed by atoms with Gasteiger partial charge in [0, 0.05) is 21.7 Å². The summed E-state index contributed by atoms with van der Waals surface area (Å²) < 4.78 is 14.1. The van der Waals surface area contributed by atoms with Gasteiger partial charge in [0.1, 0.15) is 18.0 Å². The Hall–Kier alpha value is -2.98. The van der Waals surface area contributed by atoms with Crippen LogP contribution in [0.15, 0.2) is 73.1 Å². The largest absolute Gasteiger partial charge is 0.340 e. The van der Waals surface area contributed by atoms with E-state index >= 15 is 0 Å². The van der Waals surface area contributed by atoms with Crippen molar-refractivity contribution in [2.75, 3.05) is 5.32 Å². The number of rotatable bonds is 3. The van der Waals surface area contributed by atoms with Gasteiger partial charge in [0.2, 0.25) is 0 Å². The van der Waals surface area contributed by atoms with Crippen LogP contribution in [0.1, 0.15) is 0 Å². The summed E-state index contributed by atoms with van der Waals surface area (Å²) in [5.41, 5.74) is 2.92. The van der Waals surface area contributed by atoms with Gasteiger partial charge in [-0.05, 0) is 42.0 Å². The number of nitrogens with zero attached hydrogens (tertiary/aromatic N) is 2. The highest BCUT2D eigenvalue weighted by Gasteiger charge is 2.09. The molecule has 0 amide bonds. The van der Waals surface area contributed by atoms with Gasteiger partial charge in [-0.3, -0.25) is 0 Å². The Morgan fingerprint density at radius 2 is 1.76 bits per heavy atom. The minimum atomic E-state index is -0.261. The van der Waals surface area contributed by atoms with Crippen LogP contribution in [0.4, 0.5) is 15.9 Å². The highest BCUT2D eigenvalue weighted by molar-refractivity contribution is 6.30. The molecule has 0 aliphatic carbocycles. The van der Waals surface area contributed by atoms with Gasteiger partial charge >= 0.3 is 0 Å². The van der Waals surface area contributed by atoms with Crippen molar-refractivity contribution in [2.45, 2.75) is 0 Å². The van der Waals surface area contributed by atoms with Crippen molar-refractivity contribution >= 4 is 34.0 Å². The number of aromatic nitrogens is 2. The Labute approximate surface area is 149 Å². The lowest BCUT2D eigenvalue weighted by atomic mass is 10.0. The van der Waals surface area contributed by atoms with Crippen molar-refractivity contribution in [1.29, 1.82) is 0 Å². The topological polar surface area (TPSA) is 37.8 Å². The van der Waals surface area contributed by atoms with Gasteiger partial charge in [0.25, 0.3) is 0 Å². The summed E-state index contributed by atoms with van der Waals surface area (Å²) >= 11 is 6.04. The van der Waals surface area contributed by atoms with E-state index in [-0.39, 0.29) is 5.82 Å². The minimum absolute atomic E-state index is 0.261. The first kappa shape index (κ1) is 15.5. The van der Waals surface area contributed by atoms with Crippen molar-refractivity contribution in [3.05, 3.63) is 83.9 Å². The molecular weight excluding hydrogens is 337 g/mol. The standard InChI is InChI=1S/C20H13ClFN3/c21-14-4-3-5-15(11-14)25-20-17-10-13(8-9-19(17)23-12-24-20)16-6-1-2-7-18(16)22/h1-12H,(H,23,24,25). The fourth-order valence-corrected chi connectivity index (χ4v) is 2.91. The van der Waals surface area contributed by atoms with Gasteiger partial charge in [-0.15, -0.1) is 0 Å². The van der Waals surface area contributed by atoms with Crippen molar-refractivity contribution in [3.63, 3.8) is 0 Å². The van der Waals surface area contributed by atoms with Gasteiger partial charge in [-0.2, -0.15) is 0 Å².